The summed E-state index contributed by atoms with van der Waals surface area (Å²) < 4.78 is 5.18. The van der Waals surface area contributed by atoms with E-state index >= 15 is 0 Å². The molecule has 382 valence electrons. The number of benzene rings is 6. The minimum absolute atomic E-state index is 0. The van der Waals surface area contributed by atoms with E-state index in [1.165, 1.54) is 24.7 Å². The molecule has 74 heavy (non-hydrogen) atoms. The van der Waals surface area contributed by atoms with Crippen LogP contribution in [0.3, 0.4) is 0 Å². The summed E-state index contributed by atoms with van der Waals surface area (Å²) in [6, 6.07) is 59.2. The van der Waals surface area contributed by atoms with Crippen molar-refractivity contribution in [2.75, 3.05) is 46.4 Å². The fourth-order valence-corrected chi connectivity index (χ4v) is 11.8. The minimum atomic E-state index is -0.919. The van der Waals surface area contributed by atoms with Crippen LogP contribution in [-0.2, 0) is 23.9 Å². The Labute approximate surface area is 448 Å². The van der Waals surface area contributed by atoms with E-state index in [4.69, 9.17) is 4.74 Å². The maximum atomic E-state index is 14.2. The van der Waals surface area contributed by atoms with Crippen LogP contribution in [0.5, 0.6) is 0 Å². The number of amides is 2. The summed E-state index contributed by atoms with van der Waals surface area (Å²) in [6.07, 6.45) is 5.58. The summed E-state index contributed by atoms with van der Waals surface area (Å²) in [7, 11) is 1.41. The number of carbonyl (C=O) groups is 4. The van der Waals surface area contributed by atoms with Gasteiger partial charge in [0, 0.05) is 38.3 Å². The quantitative estimate of drug-likeness (QED) is 0.121. The van der Waals surface area contributed by atoms with Crippen molar-refractivity contribution in [3.05, 3.63) is 215 Å². The van der Waals surface area contributed by atoms with Crippen molar-refractivity contribution in [2.45, 2.75) is 86.4 Å². The molecule has 4 saturated heterocycles. The van der Waals surface area contributed by atoms with Gasteiger partial charge in [0.2, 0.25) is 11.8 Å². The van der Waals surface area contributed by atoms with Gasteiger partial charge in [-0.2, -0.15) is 0 Å². The third-order valence-corrected chi connectivity index (χ3v) is 15.4. The monoisotopic (exact) mass is 993 g/mol. The molecular weight excluding hydrogens is 924 g/mol. The van der Waals surface area contributed by atoms with E-state index in [2.05, 4.69) is 64.4 Å². The first-order valence-electron chi connectivity index (χ1n) is 25.5. The summed E-state index contributed by atoms with van der Waals surface area (Å²) in [5.74, 6) is -1.48. The Morgan fingerprint density at radius 3 is 1.12 bits per heavy atom. The maximum absolute atomic E-state index is 14.2. The zero-order valence-electron chi connectivity index (χ0n) is 42.6. The normalized spacial score (nSPS) is 21.8. The van der Waals surface area contributed by atoms with Gasteiger partial charge in [0.25, 0.3) is 0 Å². The van der Waals surface area contributed by atoms with E-state index in [1.54, 1.807) is 9.80 Å². The van der Waals surface area contributed by atoms with Crippen molar-refractivity contribution in [1.82, 2.24) is 19.6 Å². The van der Waals surface area contributed by atoms with E-state index in [1.807, 2.05) is 127 Å². The minimum Gasteiger partial charge on any atom is -0.870 e. The number of likely N-dealkylation sites (tertiary alicyclic amines) is 4. The molecule has 13 heteroatoms. The Morgan fingerprint density at radius 1 is 0.486 bits per heavy atom. The average molecular weight is 993 g/mol. The maximum Gasteiger partial charge on any atom is 1.00 e. The van der Waals surface area contributed by atoms with E-state index in [0.717, 1.165) is 67.7 Å². The number of ether oxygens (including phenoxy) is 1. The van der Waals surface area contributed by atoms with Crippen LogP contribution in [0, 0.1) is 0 Å². The Kier molecular flexibility index (Phi) is 21.0. The number of carbonyl (C=O) groups excluding carboxylic acids is 3. The number of methoxy groups -OCH3 is 1. The van der Waals surface area contributed by atoms with Crippen LogP contribution >= 0.6 is 0 Å². The largest absolute Gasteiger partial charge is 1.00 e. The Hall–Kier alpha value is -6.36. The van der Waals surface area contributed by atoms with Gasteiger partial charge in [-0.05, 0) is 96.8 Å². The number of hydrogen-bond acceptors (Lipinski definition) is 8. The molecule has 6 atom stereocenters. The predicted octanol–water partition coefficient (Wildman–Crippen LogP) is 5.60. The van der Waals surface area contributed by atoms with Gasteiger partial charge < -0.3 is 30.6 Å². The number of rotatable bonds is 12. The van der Waals surface area contributed by atoms with Crippen molar-refractivity contribution >= 4 is 23.8 Å². The molecule has 4 N–H and O–H groups in total. The molecule has 0 bridgehead atoms. The Bertz CT molecular complexity index is 2590. The molecule has 0 radical (unpaired) electrons. The molecular formula is C61H69LiN4O8. The summed E-state index contributed by atoms with van der Waals surface area (Å²) in [5, 5.41) is 10.1. The van der Waals surface area contributed by atoms with Gasteiger partial charge in [0.15, 0.2) is 0 Å². The molecule has 2 amide bonds. The van der Waals surface area contributed by atoms with Gasteiger partial charge in [0.05, 0.1) is 18.9 Å². The molecule has 4 fully saturated rings. The van der Waals surface area contributed by atoms with Gasteiger partial charge >= 0.3 is 30.8 Å². The molecule has 0 aliphatic carbocycles. The molecule has 12 nitrogen and oxygen atoms in total. The van der Waals surface area contributed by atoms with E-state index in [9.17, 15) is 24.3 Å². The summed E-state index contributed by atoms with van der Waals surface area (Å²) >= 11 is 0. The summed E-state index contributed by atoms with van der Waals surface area (Å²) in [6.45, 7) is 4.78. The van der Waals surface area contributed by atoms with Gasteiger partial charge in [-0.1, -0.05) is 182 Å². The number of carboxylic acid groups (broad SMARTS) is 1. The fraction of sp³-hybridized carbons (Fsp3) is 0.344. The molecule has 0 aromatic heterocycles. The van der Waals surface area contributed by atoms with Gasteiger partial charge in [-0.15, -0.1) is 0 Å². The summed E-state index contributed by atoms with van der Waals surface area (Å²) in [4.78, 5) is 61.8. The third-order valence-electron chi connectivity index (χ3n) is 15.4. The van der Waals surface area contributed by atoms with E-state index < -0.39 is 29.9 Å². The van der Waals surface area contributed by atoms with Crippen molar-refractivity contribution in [1.29, 1.82) is 0 Å². The predicted molar refractivity (Wildman–Crippen MR) is 282 cm³/mol. The zero-order valence-corrected chi connectivity index (χ0v) is 42.6. The number of aliphatic carboxylic acids is 1. The molecule has 4 heterocycles. The van der Waals surface area contributed by atoms with Gasteiger partial charge in [-0.3, -0.25) is 19.4 Å². The number of carboxylic acids is 1. The fourth-order valence-electron chi connectivity index (χ4n) is 11.8. The van der Waals surface area contributed by atoms with Crippen molar-refractivity contribution in [3.63, 3.8) is 0 Å². The van der Waals surface area contributed by atoms with E-state index in [-0.39, 0.29) is 59.7 Å². The molecule has 4 aliphatic heterocycles. The smallest absolute Gasteiger partial charge is 0.870 e. The average Bonchev–Trinajstić information content (AvgIpc) is 4.10. The van der Waals surface area contributed by atoms with E-state index in [0.29, 0.717) is 37.8 Å². The number of hydrogen-bond donors (Lipinski definition) is 1. The number of esters is 1. The van der Waals surface area contributed by atoms with Crippen LogP contribution in [0.25, 0.3) is 0 Å². The molecule has 0 unspecified atom stereocenters. The van der Waals surface area contributed by atoms with Crippen LogP contribution in [0.4, 0.5) is 0 Å². The van der Waals surface area contributed by atoms with Crippen LogP contribution in [0.15, 0.2) is 182 Å². The van der Waals surface area contributed by atoms with Crippen LogP contribution < -0.4 is 18.9 Å². The van der Waals surface area contributed by atoms with Crippen LogP contribution in [-0.4, -0.2) is 130 Å². The van der Waals surface area contributed by atoms with Crippen LogP contribution in [0.1, 0.15) is 95.6 Å². The standard InChI is InChI=1S/C31H34N2O3.C30H32N2O3.Li.2H2O/c1-36-31(35)28-20-27(32-19-11-18-26(21-32)23-12-5-2-6-13-23)22-33(28)30(34)29(24-14-7-3-8-15-24)25-16-9-4-10-17-25;33-29(28(23-13-6-2-7-14-23)24-15-8-3-9-16-24)32-21-26(19-27(32)30(34)35)31-18-10-17-25(20-31)22-11-4-1-5-12-22;;;/h2-10,12-17,26-29H,11,18-22H2,1H3;1-9,11-16,25-28H,10,17-21H2,(H,34,35);;2*1H2/q;;+1;;/p-1/t26-,27-,28-;25-,26-,27-;;;/m00.../s1. The molecule has 6 aromatic rings. The van der Waals surface area contributed by atoms with Gasteiger partial charge in [0.1, 0.15) is 12.1 Å². The third kappa shape index (κ3) is 13.3. The Balaban J connectivity index is 0.000000232. The number of nitrogens with zero attached hydrogens (tertiary/aromatic N) is 4. The summed E-state index contributed by atoms with van der Waals surface area (Å²) in [5.41, 5.74) is 6.35. The van der Waals surface area contributed by atoms with Gasteiger partial charge in [-0.25, -0.2) is 9.59 Å². The topological polar surface area (TPSA) is 172 Å². The molecule has 0 saturated carbocycles. The second kappa shape index (κ2) is 27.3. The second-order valence-corrected chi connectivity index (χ2v) is 19.7. The van der Waals surface area contributed by atoms with Crippen molar-refractivity contribution < 1.29 is 58.8 Å². The first-order chi connectivity index (χ1) is 34.8. The van der Waals surface area contributed by atoms with Crippen molar-refractivity contribution in [3.8, 4) is 0 Å². The SMILES string of the molecule is COC(=O)[C@@H]1C[C@H](N2CCC[C@H](c3ccccc3)C2)CN1C(=O)C(c1ccccc1)c1ccccc1.O.O=C(O)[C@@H]1C[C@H](N2CCC[C@H](c3ccccc3)C2)CN1C(=O)C(c1ccccc1)c1ccccc1.[Li+].[OH-]. The second-order valence-electron chi connectivity index (χ2n) is 19.7. The Morgan fingerprint density at radius 2 is 0.797 bits per heavy atom. The molecule has 4 aliphatic rings. The first-order valence-corrected chi connectivity index (χ1v) is 25.5. The molecule has 6 aromatic carbocycles. The van der Waals surface area contributed by atoms with Crippen LogP contribution in [0.2, 0.25) is 0 Å². The first kappa shape index (κ1) is 56.9. The molecule has 0 spiro atoms. The van der Waals surface area contributed by atoms with Crippen molar-refractivity contribution in [2.24, 2.45) is 0 Å². The number of piperidine rings is 2. The zero-order chi connectivity index (χ0) is 49.1. The molecule has 10 rings (SSSR count).